The van der Waals surface area contributed by atoms with Gasteiger partial charge in [-0.25, -0.2) is 4.79 Å². The van der Waals surface area contributed by atoms with Crippen molar-refractivity contribution in [3.63, 3.8) is 0 Å². The van der Waals surface area contributed by atoms with Gasteiger partial charge in [-0.05, 0) is 72.1 Å². The zero-order valence-corrected chi connectivity index (χ0v) is 27.8. The molecule has 5 rings (SSSR count). The van der Waals surface area contributed by atoms with Gasteiger partial charge in [-0.15, -0.1) is 0 Å². The van der Waals surface area contributed by atoms with Crippen LogP contribution in [0.1, 0.15) is 47.2 Å². The summed E-state index contributed by atoms with van der Waals surface area (Å²) in [6.45, 7) is 2.87. The minimum absolute atomic E-state index is 0.0856. The normalized spacial score (nSPS) is 18.8. The molecule has 234 valence electrons. The molecule has 45 heavy (non-hydrogen) atoms. The number of benzene rings is 2. The lowest BCUT2D eigenvalue weighted by Gasteiger charge is -2.35. The SMILES string of the molecule is COC(=O)c1ccc(C=C2SC(N3CCN(C(=O)CCCCCN4C(=O)C(=Cc5ccc(Cl)cc5)SC4=S)CC3)=NC2=O)cc1. The number of aliphatic imine (C=N–C) groups is 1. The number of thioether (sulfide) groups is 2. The molecule has 13 heteroatoms. The number of esters is 1. The van der Waals surface area contributed by atoms with Gasteiger partial charge >= 0.3 is 5.97 Å². The Morgan fingerprint density at radius 2 is 1.56 bits per heavy atom. The number of hydrogen-bond donors (Lipinski definition) is 0. The molecule has 0 spiro atoms. The van der Waals surface area contributed by atoms with Crippen LogP contribution in [-0.2, 0) is 19.1 Å². The highest BCUT2D eigenvalue weighted by atomic mass is 35.5. The fraction of sp³-hybridized carbons (Fsp3) is 0.312. The second-order valence-corrected chi connectivity index (χ2v) is 13.6. The van der Waals surface area contributed by atoms with E-state index in [9.17, 15) is 19.2 Å². The Hall–Kier alpha value is -3.45. The third kappa shape index (κ3) is 8.43. The lowest BCUT2D eigenvalue weighted by molar-refractivity contribution is -0.132. The molecular weight excluding hydrogens is 652 g/mol. The van der Waals surface area contributed by atoms with E-state index in [1.54, 1.807) is 47.4 Å². The zero-order valence-electron chi connectivity index (χ0n) is 24.6. The van der Waals surface area contributed by atoms with E-state index in [1.165, 1.54) is 30.6 Å². The van der Waals surface area contributed by atoms with Gasteiger partial charge in [0.25, 0.3) is 11.8 Å². The van der Waals surface area contributed by atoms with E-state index in [2.05, 4.69) is 4.99 Å². The number of nitrogens with zero attached hydrogens (tertiary/aromatic N) is 4. The van der Waals surface area contributed by atoms with E-state index in [4.69, 9.17) is 28.6 Å². The molecule has 0 unspecified atom stereocenters. The number of unbranched alkanes of at least 4 members (excludes halogenated alkanes) is 2. The third-order valence-electron chi connectivity index (χ3n) is 7.46. The van der Waals surface area contributed by atoms with E-state index in [-0.39, 0.29) is 17.7 Å². The van der Waals surface area contributed by atoms with Crippen molar-refractivity contribution in [3.8, 4) is 0 Å². The zero-order chi connectivity index (χ0) is 31.9. The first-order valence-electron chi connectivity index (χ1n) is 14.5. The molecule has 3 aliphatic heterocycles. The minimum atomic E-state index is -0.415. The molecule has 0 radical (unpaired) electrons. The molecule has 2 aromatic rings. The van der Waals surface area contributed by atoms with Crippen LogP contribution in [0.25, 0.3) is 12.2 Å². The lowest BCUT2D eigenvalue weighted by atomic mass is 10.1. The molecule has 3 amide bonds. The fourth-order valence-electron chi connectivity index (χ4n) is 4.95. The van der Waals surface area contributed by atoms with Gasteiger partial charge in [0.2, 0.25) is 5.91 Å². The van der Waals surface area contributed by atoms with Gasteiger partial charge in [-0.2, -0.15) is 4.99 Å². The van der Waals surface area contributed by atoms with Gasteiger partial charge in [0.05, 0.1) is 22.5 Å². The summed E-state index contributed by atoms with van der Waals surface area (Å²) in [6, 6.07) is 14.1. The Morgan fingerprint density at radius 3 is 2.22 bits per heavy atom. The van der Waals surface area contributed by atoms with Gasteiger partial charge in [-0.3, -0.25) is 19.3 Å². The molecule has 3 aliphatic rings. The Morgan fingerprint density at radius 1 is 0.911 bits per heavy atom. The largest absolute Gasteiger partial charge is 0.465 e. The second kappa shape index (κ2) is 15.2. The Bertz CT molecular complexity index is 1580. The number of ether oxygens (including phenoxy) is 1. The number of amidine groups is 1. The highest BCUT2D eigenvalue weighted by Gasteiger charge is 2.32. The number of amides is 3. The van der Waals surface area contributed by atoms with E-state index >= 15 is 0 Å². The molecule has 0 bridgehead atoms. The maximum absolute atomic E-state index is 12.9. The quantitative estimate of drug-likeness (QED) is 0.143. The maximum atomic E-state index is 12.9. The Balaban J connectivity index is 1.01. The van der Waals surface area contributed by atoms with E-state index in [0.29, 0.717) is 69.0 Å². The number of hydrogen-bond acceptors (Lipinski definition) is 9. The first kappa shape index (κ1) is 32.9. The predicted octanol–water partition coefficient (Wildman–Crippen LogP) is 5.70. The number of carbonyl (C=O) groups excluding carboxylic acids is 4. The molecule has 0 aliphatic carbocycles. The van der Waals surface area contributed by atoms with Crippen LogP contribution in [0, 0.1) is 0 Å². The van der Waals surface area contributed by atoms with Crippen molar-refractivity contribution >= 4 is 92.7 Å². The number of halogens is 1. The monoisotopic (exact) mass is 682 g/mol. The summed E-state index contributed by atoms with van der Waals surface area (Å²) in [4.78, 5) is 60.8. The van der Waals surface area contributed by atoms with Crippen molar-refractivity contribution in [3.05, 3.63) is 80.1 Å². The third-order valence-corrected chi connectivity index (χ3v) is 10.1. The van der Waals surface area contributed by atoms with Crippen molar-refractivity contribution in [2.45, 2.75) is 25.7 Å². The topological polar surface area (TPSA) is 99.6 Å². The van der Waals surface area contributed by atoms with Crippen LogP contribution in [-0.4, -0.2) is 87.7 Å². The average Bonchev–Trinajstić information content (AvgIpc) is 3.54. The number of rotatable bonds is 9. The summed E-state index contributed by atoms with van der Waals surface area (Å²) in [7, 11) is 1.33. The van der Waals surface area contributed by atoms with Crippen LogP contribution >= 0.6 is 47.3 Å². The van der Waals surface area contributed by atoms with Gasteiger partial charge < -0.3 is 14.5 Å². The average molecular weight is 683 g/mol. The van der Waals surface area contributed by atoms with Crippen LogP contribution in [0.5, 0.6) is 0 Å². The number of carbonyl (C=O) groups is 4. The number of methoxy groups -OCH3 is 1. The minimum Gasteiger partial charge on any atom is -0.465 e. The summed E-state index contributed by atoms with van der Waals surface area (Å²) >= 11 is 14.0. The summed E-state index contributed by atoms with van der Waals surface area (Å²) in [5, 5.41) is 1.28. The fourth-order valence-corrected chi connectivity index (χ4v) is 7.35. The van der Waals surface area contributed by atoms with Crippen molar-refractivity contribution in [1.82, 2.24) is 14.7 Å². The van der Waals surface area contributed by atoms with Crippen LogP contribution < -0.4 is 0 Å². The van der Waals surface area contributed by atoms with Crippen molar-refractivity contribution in [2.75, 3.05) is 39.8 Å². The summed E-state index contributed by atoms with van der Waals surface area (Å²) < 4.78 is 5.27. The standard InChI is InChI=1S/C32H31ClN4O5S3/c1-42-30(41)23-10-6-21(7-11-23)19-25-28(39)34-31(44-25)36-17-15-35(16-18-36)27(38)5-3-2-4-14-37-29(40)26(45-32(37)43)20-22-8-12-24(33)13-9-22/h6-13,19-20H,2-5,14-18H2,1H3. The first-order valence-corrected chi connectivity index (χ1v) is 16.9. The van der Waals surface area contributed by atoms with Crippen LogP contribution in [0.2, 0.25) is 5.02 Å². The van der Waals surface area contributed by atoms with Crippen LogP contribution in [0.4, 0.5) is 0 Å². The molecule has 0 aromatic heterocycles. The smallest absolute Gasteiger partial charge is 0.337 e. The summed E-state index contributed by atoms with van der Waals surface area (Å²) in [6.07, 6.45) is 6.35. The van der Waals surface area contributed by atoms with Gasteiger partial charge in [0.1, 0.15) is 4.32 Å². The molecule has 2 fully saturated rings. The number of thiocarbonyl (C=S) groups is 1. The molecule has 0 atom stereocenters. The molecule has 9 nitrogen and oxygen atoms in total. The van der Waals surface area contributed by atoms with E-state index in [0.717, 1.165) is 30.4 Å². The first-order chi connectivity index (χ1) is 21.7. The Labute approximate surface area is 280 Å². The van der Waals surface area contributed by atoms with Gasteiger partial charge in [0, 0.05) is 44.2 Å². The maximum Gasteiger partial charge on any atom is 0.337 e. The number of piperazine rings is 1. The molecular formula is C32H31ClN4O5S3. The second-order valence-electron chi connectivity index (χ2n) is 10.5. The van der Waals surface area contributed by atoms with Crippen molar-refractivity contribution < 1.29 is 23.9 Å². The molecule has 2 saturated heterocycles. The Kier molecular flexibility index (Phi) is 11.1. The van der Waals surface area contributed by atoms with Crippen molar-refractivity contribution in [2.24, 2.45) is 4.99 Å². The molecule has 3 heterocycles. The summed E-state index contributed by atoms with van der Waals surface area (Å²) in [5.41, 5.74) is 2.12. The molecule has 2 aromatic carbocycles. The lowest BCUT2D eigenvalue weighted by Crippen LogP contribution is -2.49. The van der Waals surface area contributed by atoms with Gasteiger partial charge in [0.15, 0.2) is 5.17 Å². The van der Waals surface area contributed by atoms with E-state index in [1.807, 2.05) is 28.0 Å². The van der Waals surface area contributed by atoms with Gasteiger partial charge in [-0.1, -0.05) is 66.3 Å². The van der Waals surface area contributed by atoms with Crippen LogP contribution in [0.3, 0.4) is 0 Å². The summed E-state index contributed by atoms with van der Waals surface area (Å²) in [5.74, 6) is -0.687. The highest BCUT2D eigenvalue weighted by molar-refractivity contribution is 8.26. The van der Waals surface area contributed by atoms with Crippen LogP contribution in [0.15, 0.2) is 63.3 Å². The van der Waals surface area contributed by atoms with E-state index < -0.39 is 5.97 Å². The highest BCUT2D eigenvalue weighted by Crippen LogP contribution is 2.33. The molecule has 0 saturated carbocycles. The van der Waals surface area contributed by atoms with Crippen molar-refractivity contribution in [1.29, 1.82) is 0 Å². The predicted molar refractivity (Wildman–Crippen MR) is 184 cm³/mol. The molecule has 0 N–H and O–H groups in total.